The predicted octanol–water partition coefficient (Wildman–Crippen LogP) is 1.94. The maximum atomic E-state index is 12.2. The summed E-state index contributed by atoms with van der Waals surface area (Å²) in [6, 6.07) is 4.14. The number of aliphatic carboxylic acids is 1. The number of hydrogen-bond donors (Lipinski definition) is 3. The first-order valence-electron chi connectivity index (χ1n) is 7.47. The van der Waals surface area contributed by atoms with Gasteiger partial charge in [0.1, 0.15) is 6.04 Å². The highest BCUT2D eigenvalue weighted by Gasteiger charge is 2.21. The number of carbonyl (C=O) groups is 3. The highest BCUT2D eigenvalue weighted by Crippen LogP contribution is 2.23. The lowest BCUT2D eigenvalue weighted by molar-refractivity contribution is -0.139. The highest BCUT2D eigenvalue weighted by molar-refractivity contribution is 5.98. The van der Waals surface area contributed by atoms with E-state index in [1.807, 2.05) is 6.92 Å². The second-order valence-corrected chi connectivity index (χ2v) is 5.43. The third-order valence-corrected chi connectivity index (χ3v) is 3.67. The molecule has 0 radical (unpaired) electrons. The van der Waals surface area contributed by atoms with Crippen molar-refractivity contribution in [2.24, 2.45) is 0 Å². The Bertz CT molecular complexity index is 598. The number of anilines is 1. The molecule has 6 heteroatoms. The Morgan fingerprint density at radius 3 is 2.82 bits per heavy atom. The Balaban J connectivity index is 2.15. The topological polar surface area (TPSA) is 95.5 Å². The second-order valence-electron chi connectivity index (χ2n) is 5.43. The zero-order valence-electron chi connectivity index (χ0n) is 12.5. The van der Waals surface area contributed by atoms with Crippen LogP contribution < -0.4 is 10.6 Å². The van der Waals surface area contributed by atoms with Crippen LogP contribution in [0.1, 0.15) is 48.5 Å². The summed E-state index contributed by atoms with van der Waals surface area (Å²) in [7, 11) is 0. The fourth-order valence-electron chi connectivity index (χ4n) is 2.50. The van der Waals surface area contributed by atoms with Crippen LogP contribution in [0, 0.1) is 0 Å². The van der Waals surface area contributed by atoms with Gasteiger partial charge in [-0.15, -0.1) is 0 Å². The van der Waals surface area contributed by atoms with Crippen LogP contribution >= 0.6 is 0 Å². The van der Waals surface area contributed by atoms with Crippen molar-refractivity contribution in [3.05, 3.63) is 29.3 Å². The van der Waals surface area contributed by atoms with E-state index in [1.54, 1.807) is 18.2 Å². The van der Waals surface area contributed by atoms with Crippen LogP contribution in [-0.2, 0) is 16.0 Å². The molecule has 3 N–H and O–H groups in total. The minimum Gasteiger partial charge on any atom is -0.480 e. The summed E-state index contributed by atoms with van der Waals surface area (Å²) in [5.74, 6) is -1.46. The standard InChI is InChI=1S/C16H20N2O4/c1-2-4-13(16(21)22)18-15(20)11-7-8-12-10(9-11)5-3-6-14(19)17-12/h7-9,13H,2-6H2,1H3,(H,17,19)(H,18,20)(H,21,22). The monoisotopic (exact) mass is 304 g/mol. The molecule has 0 bridgehead atoms. The Kier molecular flexibility index (Phi) is 5.14. The quantitative estimate of drug-likeness (QED) is 0.774. The van der Waals surface area contributed by atoms with Crippen LogP contribution in [0.4, 0.5) is 5.69 Å². The van der Waals surface area contributed by atoms with Crippen LogP contribution in [-0.4, -0.2) is 28.9 Å². The molecule has 1 aromatic carbocycles. The molecular formula is C16H20N2O4. The molecule has 22 heavy (non-hydrogen) atoms. The average Bonchev–Trinajstić information content (AvgIpc) is 2.66. The molecular weight excluding hydrogens is 284 g/mol. The largest absolute Gasteiger partial charge is 0.480 e. The van der Waals surface area contributed by atoms with E-state index in [4.69, 9.17) is 5.11 Å². The average molecular weight is 304 g/mol. The number of carboxylic acids is 1. The first-order valence-corrected chi connectivity index (χ1v) is 7.47. The molecule has 1 atom stereocenters. The molecule has 0 saturated heterocycles. The Morgan fingerprint density at radius 2 is 2.14 bits per heavy atom. The molecule has 2 rings (SSSR count). The molecule has 6 nitrogen and oxygen atoms in total. The van der Waals surface area contributed by atoms with E-state index in [9.17, 15) is 14.4 Å². The van der Waals surface area contributed by atoms with Crippen molar-refractivity contribution >= 4 is 23.5 Å². The zero-order valence-corrected chi connectivity index (χ0v) is 12.5. The summed E-state index contributed by atoms with van der Waals surface area (Å²) in [6.07, 6.45) is 2.98. The van der Waals surface area contributed by atoms with Gasteiger partial charge in [-0.3, -0.25) is 9.59 Å². The van der Waals surface area contributed by atoms with Gasteiger partial charge in [0.05, 0.1) is 0 Å². The Hall–Kier alpha value is -2.37. The molecule has 0 saturated carbocycles. The Morgan fingerprint density at radius 1 is 1.36 bits per heavy atom. The predicted molar refractivity (Wildman–Crippen MR) is 81.8 cm³/mol. The van der Waals surface area contributed by atoms with Crippen LogP contribution in [0.15, 0.2) is 18.2 Å². The molecule has 118 valence electrons. The van der Waals surface area contributed by atoms with Gasteiger partial charge in [0.2, 0.25) is 5.91 Å². The van der Waals surface area contributed by atoms with Crippen LogP contribution in [0.3, 0.4) is 0 Å². The second kappa shape index (κ2) is 7.06. The molecule has 0 aliphatic carbocycles. The zero-order chi connectivity index (χ0) is 16.1. The number of benzene rings is 1. The van der Waals surface area contributed by atoms with Crippen molar-refractivity contribution < 1.29 is 19.5 Å². The number of aryl methyl sites for hydroxylation is 1. The molecule has 2 amide bonds. The summed E-state index contributed by atoms with van der Waals surface area (Å²) < 4.78 is 0. The van der Waals surface area contributed by atoms with Crippen LogP contribution in [0.25, 0.3) is 0 Å². The number of nitrogens with one attached hydrogen (secondary N) is 2. The summed E-state index contributed by atoms with van der Waals surface area (Å²) in [5, 5.41) is 14.4. The van der Waals surface area contributed by atoms with Gasteiger partial charge in [-0.1, -0.05) is 13.3 Å². The van der Waals surface area contributed by atoms with Gasteiger partial charge in [0.25, 0.3) is 5.91 Å². The van der Waals surface area contributed by atoms with Crippen molar-refractivity contribution in [1.29, 1.82) is 0 Å². The van der Waals surface area contributed by atoms with Gasteiger partial charge in [-0.25, -0.2) is 4.79 Å². The third kappa shape index (κ3) is 3.84. The number of hydrogen-bond acceptors (Lipinski definition) is 3. The fraction of sp³-hybridized carbons (Fsp3) is 0.438. The van der Waals surface area contributed by atoms with Gasteiger partial charge < -0.3 is 15.7 Å². The van der Waals surface area contributed by atoms with Gasteiger partial charge in [-0.2, -0.15) is 0 Å². The summed E-state index contributed by atoms with van der Waals surface area (Å²) >= 11 is 0. The van der Waals surface area contributed by atoms with Crippen molar-refractivity contribution in [3.63, 3.8) is 0 Å². The molecule has 1 aromatic rings. The maximum absolute atomic E-state index is 12.2. The van der Waals surface area contributed by atoms with E-state index in [1.165, 1.54) is 0 Å². The van der Waals surface area contributed by atoms with Gasteiger partial charge in [0.15, 0.2) is 0 Å². The van der Waals surface area contributed by atoms with Crippen molar-refractivity contribution in [1.82, 2.24) is 5.32 Å². The number of rotatable bonds is 5. The molecule has 1 aliphatic heterocycles. The lowest BCUT2D eigenvalue weighted by atomic mass is 10.0. The molecule has 0 aromatic heterocycles. The van der Waals surface area contributed by atoms with E-state index in [0.717, 1.165) is 17.7 Å². The van der Waals surface area contributed by atoms with E-state index >= 15 is 0 Å². The fourth-order valence-corrected chi connectivity index (χ4v) is 2.50. The van der Waals surface area contributed by atoms with E-state index < -0.39 is 17.9 Å². The minimum absolute atomic E-state index is 0.0233. The van der Waals surface area contributed by atoms with Crippen molar-refractivity contribution in [3.8, 4) is 0 Å². The lowest BCUT2D eigenvalue weighted by Gasteiger charge is -2.14. The molecule has 1 aliphatic rings. The first kappa shape index (κ1) is 16.0. The first-order chi connectivity index (χ1) is 10.5. The Labute approximate surface area is 128 Å². The summed E-state index contributed by atoms with van der Waals surface area (Å²) in [4.78, 5) is 34.8. The smallest absolute Gasteiger partial charge is 0.326 e. The third-order valence-electron chi connectivity index (χ3n) is 3.67. The molecule has 0 spiro atoms. The summed E-state index contributed by atoms with van der Waals surface area (Å²) in [5.41, 5.74) is 2.04. The highest BCUT2D eigenvalue weighted by atomic mass is 16.4. The van der Waals surface area contributed by atoms with Crippen LogP contribution in [0.5, 0.6) is 0 Å². The van der Waals surface area contributed by atoms with Crippen molar-refractivity contribution in [2.45, 2.75) is 45.1 Å². The number of carboxylic acid groups (broad SMARTS) is 1. The van der Waals surface area contributed by atoms with Crippen molar-refractivity contribution in [2.75, 3.05) is 5.32 Å². The van der Waals surface area contributed by atoms with Gasteiger partial charge in [0, 0.05) is 17.7 Å². The van der Waals surface area contributed by atoms with E-state index in [-0.39, 0.29) is 5.91 Å². The molecule has 1 heterocycles. The minimum atomic E-state index is -1.03. The maximum Gasteiger partial charge on any atom is 0.326 e. The normalized spacial score (nSPS) is 15.2. The van der Waals surface area contributed by atoms with Gasteiger partial charge >= 0.3 is 5.97 Å². The van der Waals surface area contributed by atoms with E-state index in [2.05, 4.69) is 10.6 Å². The number of amides is 2. The van der Waals surface area contributed by atoms with Crippen LogP contribution in [0.2, 0.25) is 0 Å². The number of carbonyl (C=O) groups excluding carboxylic acids is 2. The summed E-state index contributed by atoms with van der Waals surface area (Å²) in [6.45, 7) is 1.87. The molecule has 0 fully saturated rings. The lowest BCUT2D eigenvalue weighted by Crippen LogP contribution is -2.40. The SMILES string of the molecule is CCCC(NC(=O)c1ccc2c(c1)CCCC(=O)N2)C(=O)O. The van der Waals surface area contributed by atoms with E-state index in [0.29, 0.717) is 31.2 Å². The van der Waals surface area contributed by atoms with Gasteiger partial charge in [-0.05, 0) is 43.0 Å². The number of fused-ring (bicyclic) bond motifs is 1. The molecule has 1 unspecified atom stereocenters.